The lowest BCUT2D eigenvalue weighted by atomic mass is 9.47. The van der Waals surface area contributed by atoms with Gasteiger partial charge in [-0.05, 0) is 103 Å². The molecule has 0 radical (unpaired) electrons. The third-order valence-electron chi connectivity index (χ3n) is 11.9. The van der Waals surface area contributed by atoms with Crippen LogP contribution in [0.3, 0.4) is 0 Å². The molecule has 3 saturated carbocycles. The number of hydrogen-bond acceptors (Lipinski definition) is 4. The van der Waals surface area contributed by atoms with Gasteiger partial charge in [0.1, 0.15) is 6.10 Å². The predicted molar refractivity (Wildman–Crippen MR) is 154 cm³/mol. The van der Waals surface area contributed by atoms with Crippen molar-refractivity contribution in [2.75, 3.05) is 0 Å². The Morgan fingerprint density at radius 3 is 2.49 bits per heavy atom. The van der Waals surface area contributed by atoms with Gasteiger partial charge in [0.15, 0.2) is 5.69 Å². The molecule has 4 aliphatic rings. The highest BCUT2D eigenvalue weighted by molar-refractivity contribution is 5.89. The molecule has 1 unspecified atom stereocenters. The third-order valence-corrected chi connectivity index (χ3v) is 11.9. The van der Waals surface area contributed by atoms with Gasteiger partial charge >= 0.3 is 5.97 Å². The van der Waals surface area contributed by atoms with Gasteiger partial charge in [-0.2, -0.15) is 5.23 Å². The maximum Gasteiger partial charge on any atom is 0.338 e. The molecule has 3 fully saturated rings. The van der Waals surface area contributed by atoms with Crippen LogP contribution in [0.4, 0.5) is 5.69 Å². The highest BCUT2D eigenvalue weighted by atomic mass is 16.8. The van der Waals surface area contributed by atoms with Crippen molar-refractivity contribution in [1.82, 2.24) is 0 Å². The lowest BCUT2D eigenvalue weighted by molar-refractivity contribution is -0.991. The van der Waals surface area contributed by atoms with Crippen LogP contribution in [0, 0.1) is 51.5 Å². The molecule has 2 N–H and O–H groups in total. The second-order valence-electron chi connectivity index (χ2n) is 14.4. The Morgan fingerprint density at radius 1 is 1.05 bits per heavy atom. The summed E-state index contributed by atoms with van der Waals surface area (Å²) in [5.41, 5.74) is 2.86. The van der Waals surface area contributed by atoms with Crippen molar-refractivity contribution >= 4 is 11.7 Å². The zero-order valence-corrected chi connectivity index (χ0v) is 24.9. The largest absolute Gasteiger partial charge is 0.595 e. The Labute approximate surface area is 235 Å². The van der Waals surface area contributed by atoms with Gasteiger partial charge in [-0.3, -0.25) is 0 Å². The fourth-order valence-electron chi connectivity index (χ4n) is 9.72. The minimum atomic E-state index is -0.990. The number of nitrogens with one attached hydrogen (secondary N) is 1. The number of allylic oxidation sites excluding steroid dienone is 1. The fraction of sp³-hybridized carbons (Fsp3) is 0.735. The molecular weight excluding hydrogens is 486 g/mol. The van der Waals surface area contributed by atoms with Crippen LogP contribution in [-0.2, 0) is 4.74 Å². The number of quaternary nitrogens is 1. The van der Waals surface area contributed by atoms with Gasteiger partial charge in [-0.15, -0.1) is 0 Å². The summed E-state index contributed by atoms with van der Waals surface area (Å²) >= 11 is 0. The maximum atomic E-state index is 12.8. The molecule has 0 aliphatic heterocycles. The van der Waals surface area contributed by atoms with Crippen LogP contribution in [0.5, 0.6) is 0 Å². The Bertz CT molecular complexity index is 1050. The quantitative estimate of drug-likeness (QED) is 0.203. The molecule has 0 amide bonds. The molecule has 0 bridgehead atoms. The fourth-order valence-corrected chi connectivity index (χ4v) is 9.72. The first-order chi connectivity index (χ1) is 18.5. The lowest BCUT2D eigenvalue weighted by Crippen LogP contribution is -2.99. The Morgan fingerprint density at radius 2 is 1.79 bits per heavy atom. The number of carbonyl (C=O) groups excluding carboxylic acids is 1. The highest BCUT2D eigenvalue weighted by Gasteiger charge is 2.59. The normalized spacial score (nSPS) is 37.3. The molecule has 0 saturated heterocycles. The Balaban J connectivity index is 1.23. The Kier molecular flexibility index (Phi) is 8.35. The van der Waals surface area contributed by atoms with E-state index in [0.29, 0.717) is 11.0 Å². The van der Waals surface area contributed by atoms with E-state index < -0.39 is 5.23 Å². The smallest absolute Gasteiger partial charge is 0.338 e. The summed E-state index contributed by atoms with van der Waals surface area (Å²) in [7, 11) is 0. The van der Waals surface area contributed by atoms with E-state index in [2.05, 4.69) is 40.7 Å². The van der Waals surface area contributed by atoms with Crippen molar-refractivity contribution in [3.63, 3.8) is 0 Å². The standard InChI is InChI=1S/C34H51NO4/c1-22(2)7-6-8-23(3)29-15-16-30-28-14-11-25-21-27(17-19-33(25,4)31(28)18-20-34(29,30)5)39-32(36)24-9-12-26(13-10-24)35(37)38/h9-13,22-23,27-31,35,37H,6-8,14-21H2,1-5H3/t23-,27+,28+,29+,30-,31+,33+,34-/m1/s1. The summed E-state index contributed by atoms with van der Waals surface area (Å²) in [6.07, 6.45) is 16.2. The molecule has 4 aliphatic carbocycles. The van der Waals surface area contributed by atoms with Gasteiger partial charge in [0.05, 0.1) is 5.56 Å². The van der Waals surface area contributed by atoms with Crippen LogP contribution < -0.4 is 5.23 Å². The van der Waals surface area contributed by atoms with Crippen LogP contribution >= 0.6 is 0 Å². The molecule has 0 heterocycles. The number of rotatable bonds is 8. The van der Waals surface area contributed by atoms with Crippen molar-refractivity contribution in [3.05, 3.63) is 46.7 Å². The summed E-state index contributed by atoms with van der Waals surface area (Å²) in [6, 6.07) is 6.06. The van der Waals surface area contributed by atoms with E-state index in [4.69, 9.17) is 9.94 Å². The van der Waals surface area contributed by atoms with Crippen LogP contribution in [0.1, 0.15) is 116 Å². The number of hydrogen-bond donors (Lipinski definition) is 2. The second kappa shape index (κ2) is 11.3. The van der Waals surface area contributed by atoms with Crippen molar-refractivity contribution in [2.24, 2.45) is 46.3 Å². The monoisotopic (exact) mass is 537 g/mol. The number of benzene rings is 1. The molecule has 1 aromatic carbocycles. The van der Waals surface area contributed by atoms with Crippen LogP contribution in [0.25, 0.3) is 0 Å². The van der Waals surface area contributed by atoms with Crippen LogP contribution in [-0.4, -0.2) is 17.3 Å². The van der Waals surface area contributed by atoms with Gasteiger partial charge in [-0.25, -0.2) is 10.0 Å². The summed E-state index contributed by atoms with van der Waals surface area (Å²) in [5.74, 6) is 4.60. The minimum absolute atomic E-state index is 0.0936. The summed E-state index contributed by atoms with van der Waals surface area (Å²) in [6.45, 7) is 12.4. The highest BCUT2D eigenvalue weighted by Crippen LogP contribution is 2.67. The number of fused-ring (bicyclic) bond motifs is 5. The van der Waals surface area contributed by atoms with Crippen molar-refractivity contribution in [3.8, 4) is 0 Å². The van der Waals surface area contributed by atoms with Gasteiger partial charge in [-0.1, -0.05) is 65.5 Å². The van der Waals surface area contributed by atoms with Crippen LogP contribution in [0.2, 0.25) is 0 Å². The van der Waals surface area contributed by atoms with Crippen LogP contribution in [0.15, 0.2) is 35.9 Å². The van der Waals surface area contributed by atoms with E-state index in [1.54, 1.807) is 12.1 Å². The molecule has 9 atom stereocenters. The number of ether oxygens (including phenoxy) is 1. The SMILES string of the molecule is CC(C)CCC[C@@H](C)[C@@H]1CC[C@@H]2[C@@H]3CC=C4C[C@@H](OC(=O)c5ccc([NH+]([O-])O)cc5)CC[C@]4(C)[C@H]3CC[C@@]21C. The zero-order chi connectivity index (χ0) is 27.9. The van der Waals surface area contributed by atoms with Gasteiger partial charge in [0.25, 0.3) is 0 Å². The molecule has 216 valence electrons. The maximum absolute atomic E-state index is 12.8. The van der Waals surface area contributed by atoms with E-state index in [0.717, 1.165) is 54.8 Å². The average Bonchev–Trinajstić information content (AvgIpc) is 3.26. The first-order valence-corrected chi connectivity index (χ1v) is 15.8. The molecule has 0 spiro atoms. The minimum Gasteiger partial charge on any atom is -0.595 e. The predicted octanol–water partition coefficient (Wildman–Crippen LogP) is 7.66. The van der Waals surface area contributed by atoms with Gasteiger partial charge < -0.3 is 9.94 Å². The van der Waals surface area contributed by atoms with Gasteiger partial charge in [0, 0.05) is 18.6 Å². The first-order valence-electron chi connectivity index (χ1n) is 15.8. The van der Waals surface area contributed by atoms with Crippen molar-refractivity contribution < 1.29 is 20.0 Å². The summed E-state index contributed by atoms with van der Waals surface area (Å²) < 4.78 is 5.95. The molecule has 0 aromatic heterocycles. The third kappa shape index (κ3) is 5.48. The second-order valence-corrected chi connectivity index (χ2v) is 14.4. The van der Waals surface area contributed by atoms with E-state index in [1.165, 1.54) is 69.1 Å². The van der Waals surface area contributed by atoms with E-state index in [9.17, 15) is 10.0 Å². The molecule has 39 heavy (non-hydrogen) atoms. The molecular formula is C34H51NO4. The summed E-state index contributed by atoms with van der Waals surface area (Å²) in [5, 5.41) is 19.3. The molecule has 5 rings (SSSR count). The Hall–Kier alpha value is -1.69. The molecule has 5 nitrogen and oxygen atoms in total. The topological polar surface area (TPSA) is 74.0 Å². The zero-order valence-electron chi connectivity index (χ0n) is 24.9. The molecule has 5 heteroatoms. The lowest BCUT2D eigenvalue weighted by Gasteiger charge is -2.58. The first kappa shape index (κ1) is 28.8. The number of esters is 1. The number of carbonyl (C=O) groups is 1. The van der Waals surface area contributed by atoms with Gasteiger partial charge in [0.2, 0.25) is 0 Å². The summed E-state index contributed by atoms with van der Waals surface area (Å²) in [4.78, 5) is 12.8. The van der Waals surface area contributed by atoms with E-state index in [-0.39, 0.29) is 23.2 Å². The van der Waals surface area contributed by atoms with Crippen molar-refractivity contribution in [2.45, 2.75) is 111 Å². The average molecular weight is 538 g/mol. The van der Waals surface area contributed by atoms with E-state index in [1.807, 2.05) is 0 Å². The molecule has 1 aromatic rings. The van der Waals surface area contributed by atoms with Crippen molar-refractivity contribution in [1.29, 1.82) is 0 Å². The van der Waals surface area contributed by atoms with E-state index >= 15 is 0 Å².